The van der Waals surface area contributed by atoms with E-state index in [9.17, 15) is 9.59 Å². The van der Waals surface area contributed by atoms with Crippen molar-refractivity contribution in [1.29, 1.82) is 0 Å². The van der Waals surface area contributed by atoms with Crippen molar-refractivity contribution in [2.24, 2.45) is 0 Å². The summed E-state index contributed by atoms with van der Waals surface area (Å²) in [5.74, 6) is 0.806. The maximum atomic E-state index is 12.2. The molecule has 0 aliphatic carbocycles. The van der Waals surface area contributed by atoms with Crippen molar-refractivity contribution in [2.75, 3.05) is 18.8 Å². The molecule has 1 amide bonds. The third kappa shape index (κ3) is 3.49. The smallest absolute Gasteiger partial charge is 0.234 e. The molecule has 6 heteroatoms. The van der Waals surface area contributed by atoms with Crippen molar-refractivity contribution in [1.82, 2.24) is 10.2 Å². The zero-order chi connectivity index (χ0) is 14.8. The Morgan fingerprint density at radius 2 is 2.29 bits per heavy atom. The molecule has 2 aliphatic rings. The second-order valence-corrected chi connectivity index (χ2v) is 8.07. The second kappa shape index (κ2) is 6.50. The van der Waals surface area contributed by atoms with E-state index >= 15 is 0 Å². The highest BCUT2D eigenvalue weighted by Gasteiger charge is 2.31. The number of thiophene rings is 1. The topological polar surface area (TPSA) is 49.4 Å². The van der Waals surface area contributed by atoms with Crippen LogP contribution < -0.4 is 5.32 Å². The summed E-state index contributed by atoms with van der Waals surface area (Å²) in [6.45, 7) is 3.47. The predicted molar refractivity (Wildman–Crippen MR) is 86.6 cm³/mol. The van der Waals surface area contributed by atoms with Crippen LogP contribution in [0, 0.1) is 6.92 Å². The van der Waals surface area contributed by atoms with E-state index in [1.165, 1.54) is 21.5 Å². The van der Waals surface area contributed by atoms with Gasteiger partial charge < -0.3 is 5.32 Å². The van der Waals surface area contributed by atoms with Gasteiger partial charge in [-0.1, -0.05) is 11.8 Å². The predicted octanol–water partition coefficient (Wildman–Crippen LogP) is 2.34. The number of carbonyl (C=O) groups excluding carboxylic acids is 2. The summed E-state index contributed by atoms with van der Waals surface area (Å²) in [6, 6.07) is 4.42. The lowest BCUT2D eigenvalue weighted by Gasteiger charge is -2.23. The zero-order valence-corrected chi connectivity index (χ0v) is 13.8. The molecule has 2 fully saturated rings. The Morgan fingerprint density at radius 3 is 2.95 bits per heavy atom. The lowest BCUT2D eigenvalue weighted by molar-refractivity contribution is -0.125. The molecular formula is C15H20N2O2S2. The number of nitrogens with zero attached hydrogens (tertiary/aromatic N) is 1. The Morgan fingerprint density at radius 1 is 1.43 bits per heavy atom. The first-order valence-corrected chi connectivity index (χ1v) is 9.20. The molecule has 3 rings (SSSR count). The fraction of sp³-hybridized carbons (Fsp3) is 0.600. The van der Waals surface area contributed by atoms with Gasteiger partial charge in [-0.25, -0.2) is 0 Å². The van der Waals surface area contributed by atoms with Crippen LogP contribution in [0.4, 0.5) is 0 Å². The van der Waals surface area contributed by atoms with Gasteiger partial charge in [0.2, 0.25) is 11.0 Å². The molecule has 1 N–H and O–H groups in total. The molecule has 1 aromatic rings. The van der Waals surface area contributed by atoms with Crippen LogP contribution in [0.15, 0.2) is 12.1 Å². The fourth-order valence-corrected chi connectivity index (χ4v) is 5.00. The molecule has 0 aromatic carbocycles. The number of hydrogen-bond acceptors (Lipinski definition) is 5. The first-order valence-electron chi connectivity index (χ1n) is 7.40. The van der Waals surface area contributed by atoms with Crippen LogP contribution >= 0.6 is 23.1 Å². The molecule has 2 aliphatic heterocycles. The van der Waals surface area contributed by atoms with Gasteiger partial charge in [0.05, 0.1) is 12.6 Å². The van der Waals surface area contributed by atoms with E-state index in [1.54, 1.807) is 0 Å². The number of likely N-dealkylation sites (tertiary alicyclic amines) is 1. The van der Waals surface area contributed by atoms with Crippen LogP contribution in [0.5, 0.6) is 0 Å². The van der Waals surface area contributed by atoms with Gasteiger partial charge in [-0.05, 0) is 44.9 Å². The largest absolute Gasteiger partial charge is 0.344 e. The number of rotatable bonds is 4. The molecule has 3 heterocycles. The molecule has 2 atom stereocenters. The van der Waals surface area contributed by atoms with E-state index in [1.807, 2.05) is 11.3 Å². The van der Waals surface area contributed by atoms with E-state index in [-0.39, 0.29) is 17.1 Å². The van der Waals surface area contributed by atoms with Gasteiger partial charge in [0.15, 0.2) is 0 Å². The average Bonchev–Trinajstić information content (AvgIpc) is 3.13. The van der Waals surface area contributed by atoms with Crippen molar-refractivity contribution in [3.63, 3.8) is 0 Å². The van der Waals surface area contributed by atoms with Gasteiger partial charge in [0.1, 0.15) is 0 Å². The molecule has 0 radical (unpaired) electrons. The van der Waals surface area contributed by atoms with Gasteiger partial charge in [-0.15, -0.1) is 11.3 Å². The van der Waals surface area contributed by atoms with Crippen molar-refractivity contribution in [3.05, 3.63) is 21.9 Å². The van der Waals surface area contributed by atoms with Gasteiger partial charge in [0, 0.05) is 21.5 Å². The van der Waals surface area contributed by atoms with E-state index in [2.05, 4.69) is 29.3 Å². The summed E-state index contributed by atoms with van der Waals surface area (Å²) in [4.78, 5) is 28.7. The Labute approximate surface area is 133 Å². The molecule has 1 aromatic heterocycles. The Bertz CT molecular complexity index is 544. The van der Waals surface area contributed by atoms with E-state index in [4.69, 9.17) is 0 Å². The molecule has 0 unspecified atom stereocenters. The number of carbonyl (C=O) groups is 2. The van der Waals surface area contributed by atoms with Crippen LogP contribution in [0.25, 0.3) is 0 Å². The average molecular weight is 324 g/mol. The summed E-state index contributed by atoms with van der Waals surface area (Å²) >= 11 is 3.14. The number of aryl methyl sites for hydroxylation is 1. The molecule has 0 spiro atoms. The summed E-state index contributed by atoms with van der Waals surface area (Å²) in [5, 5.41) is 2.99. The van der Waals surface area contributed by atoms with Crippen molar-refractivity contribution >= 4 is 34.1 Å². The minimum Gasteiger partial charge on any atom is -0.344 e. The second-order valence-electron chi connectivity index (χ2n) is 5.65. The highest BCUT2D eigenvalue weighted by Crippen LogP contribution is 2.35. The zero-order valence-electron chi connectivity index (χ0n) is 12.1. The molecule has 2 saturated heterocycles. The highest BCUT2D eigenvalue weighted by molar-refractivity contribution is 8.14. The molecule has 21 heavy (non-hydrogen) atoms. The van der Waals surface area contributed by atoms with Crippen LogP contribution in [0.2, 0.25) is 0 Å². The standard InChI is InChI=1S/C15H20N2O2S2/c1-10-4-5-13(21-10)12-3-2-7-17(12)9-14(18)16-11-6-8-20-15(11)19/h4-5,11-12H,2-3,6-9H2,1H3,(H,16,18)/t11-,12-/m1/s1. The number of thioether (sulfide) groups is 1. The van der Waals surface area contributed by atoms with Crippen molar-refractivity contribution in [3.8, 4) is 0 Å². The minimum absolute atomic E-state index is 0.0176. The van der Waals surface area contributed by atoms with E-state index in [0.29, 0.717) is 12.6 Å². The first kappa shape index (κ1) is 15.1. The van der Waals surface area contributed by atoms with Gasteiger partial charge >= 0.3 is 0 Å². The monoisotopic (exact) mass is 324 g/mol. The molecule has 0 bridgehead atoms. The van der Waals surface area contributed by atoms with Crippen LogP contribution in [-0.2, 0) is 9.59 Å². The van der Waals surface area contributed by atoms with E-state index < -0.39 is 0 Å². The quantitative estimate of drug-likeness (QED) is 0.923. The third-order valence-corrected chi connectivity index (χ3v) is 6.18. The Kier molecular flexibility index (Phi) is 4.66. The van der Waals surface area contributed by atoms with Crippen molar-refractivity contribution in [2.45, 2.75) is 38.3 Å². The normalized spacial score (nSPS) is 26.4. The van der Waals surface area contributed by atoms with Crippen LogP contribution in [0.3, 0.4) is 0 Å². The molecule has 0 saturated carbocycles. The van der Waals surface area contributed by atoms with Gasteiger partial charge in [-0.3, -0.25) is 14.5 Å². The van der Waals surface area contributed by atoms with Crippen LogP contribution in [-0.4, -0.2) is 40.8 Å². The SMILES string of the molecule is Cc1ccc([C@H]2CCCN2CC(=O)N[C@@H]2CCSC2=O)s1. The summed E-state index contributed by atoms with van der Waals surface area (Å²) < 4.78 is 0. The summed E-state index contributed by atoms with van der Waals surface area (Å²) in [6.07, 6.45) is 3.02. The Balaban J connectivity index is 1.58. The maximum absolute atomic E-state index is 12.2. The number of nitrogens with one attached hydrogen (secondary N) is 1. The fourth-order valence-electron chi connectivity index (χ4n) is 3.02. The molecule has 4 nitrogen and oxygen atoms in total. The Hall–Kier alpha value is -0.850. The van der Waals surface area contributed by atoms with Crippen LogP contribution in [0.1, 0.15) is 35.1 Å². The summed E-state index contributed by atoms with van der Waals surface area (Å²) in [7, 11) is 0. The number of amides is 1. The maximum Gasteiger partial charge on any atom is 0.234 e. The molecular weight excluding hydrogens is 304 g/mol. The first-order chi connectivity index (χ1) is 10.1. The number of hydrogen-bond donors (Lipinski definition) is 1. The minimum atomic E-state index is -0.271. The van der Waals surface area contributed by atoms with E-state index in [0.717, 1.165) is 31.6 Å². The lowest BCUT2D eigenvalue weighted by Crippen LogP contribution is -2.43. The third-order valence-electron chi connectivity index (χ3n) is 4.07. The molecule has 114 valence electrons. The summed E-state index contributed by atoms with van der Waals surface area (Å²) in [5.41, 5.74) is 0. The van der Waals surface area contributed by atoms with Crippen molar-refractivity contribution < 1.29 is 9.59 Å². The highest BCUT2D eigenvalue weighted by atomic mass is 32.2. The lowest BCUT2D eigenvalue weighted by atomic mass is 10.2. The van der Waals surface area contributed by atoms with Gasteiger partial charge in [0.25, 0.3) is 0 Å². The van der Waals surface area contributed by atoms with Gasteiger partial charge in [-0.2, -0.15) is 0 Å².